The molecule has 0 saturated heterocycles. The van der Waals surface area contributed by atoms with E-state index in [1.165, 1.54) is 0 Å². The third kappa shape index (κ3) is 8.19. The highest BCUT2D eigenvalue weighted by molar-refractivity contribution is 5.50. The summed E-state index contributed by atoms with van der Waals surface area (Å²) in [6.07, 6.45) is 5.24. The molecule has 1 heterocycles. The van der Waals surface area contributed by atoms with Crippen LogP contribution in [0.25, 0.3) is 0 Å². The summed E-state index contributed by atoms with van der Waals surface area (Å²) in [6, 6.07) is 11.0. The fourth-order valence-corrected chi connectivity index (χ4v) is 7.78. The SMILES string of the molecule is Cc1cc(Cn2c(=O)n(Cc3cc(C)c(O)c(C(C)(C)C)c3)c(=O)n(Cc3cc(C4CCCCC4)c(O)c(C(C)(C)C)c3)c2=O)cc(C(C)(C)C)c1O. The zero-order valence-electron chi connectivity index (χ0n) is 33.6. The van der Waals surface area contributed by atoms with Crippen molar-refractivity contribution in [1.82, 2.24) is 13.7 Å². The van der Waals surface area contributed by atoms with E-state index in [0.717, 1.165) is 56.9 Å². The molecular weight excluding hydrogens is 666 g/mol. The van der Waals surface area contributed by atoms with Gasteiger partial charge >= 0.3 is 17.1 Å². The first-order chi connectivity index (χ1) is 24.5. The Morgan fingerprint density at radius 2 is 0.830 bits per heavy atom. The smallest absolute Gasteiger partial charge is 0.336 e. The molecule has 4 aromatic rings. The number of phenols is 3. The molecule has 5 rings (SSSR count). The molecule has 0 atom stereocenters. The van der Waals surface area contributed by atoms with Crippen molar-refractivity contribution in [3.63, 3.8) is 0 Å². The van der Waals surface area contributed by atoms with Crippen LogP contribution in [0.5, 0.6) is 17.2 Å². The van der Waals surface area contributed by atoms with Crippen LogP contribution in [0, 0.1) is 13.8 Å². The fraction of sp³-hybridized carbons (Fsp3) is 0.523. The van der Waals surface area contributed by atoms with Crippen LogP contribution >= 0.6 is 0 Å². The number of aromatic hydroxyl groups is 3. The van der Waals surface area contributed by atoms with E-state index in [-0.39, 0.29) is 42.8 Å². The summed E-state index contributed by atoms with van der Waals surface area (Å²) >= 11 is 0. The molecular formula is C44H59N3O6. The quantitative estimate of drug-likeness (QED) is 0.177. The molecule has 0 unspecified atom stereocenters. The van der Waals surface area contributed by atoms with Crippen molar-refractivity contribution in [2.45, 2.75) is 150 Å². The Labute approximate surface area is 313 Å². The Balaban J connectivity index is 1.74. The van der Waals surface area contributed by atoms with Crippen molar-refractivity contribution >= 4 is 0 Å². The van der Waals surface area contributed by atoms with Crippen LogP contribution in [0.4, 0.5) is 0 Å². The Hall–Kier alpha value is -4.53. The van der Waals surface area contributed by atoms with Crippen LogP contribution in [0.1, 0.15) is 150 Å². The van der Waals surface area contributed by atoms with Crippen molar-refractivity contribution in [3.05, 3.63) is 118 Å². The molecule has 3 aromatic carbocycles. The molecule has 1 aliphatic rings. The van der Waals surface area contributed by atoms with E-state index in [0.29, 0.717) is 38.9 Å². The summed E-state index contributed by atoms with van der Waals surface area (Å²) in [6.45, 7) is 21.3. The number of hydrogen-bond donors (Lipinski definition) is 3. The van der Waals surface area contributed by atoms with Crippen molar-refractivity contribution in [2.24, 2.45) is 0 Å². The largest absolute Gasteiger partial charge is 0.507 e. The van der Waals surface area contributed by atoms with Crippen LogP contribution in [0.15, 0.2) is 50.8 Å². The lowest BCUT2D eigenvalue weighted by molar-refractivity contribution is 0.402. The lowest BCUT2D eigenvalue weighted by Gasteiger charge is -2.28. The minimum atomic E-state index is -0.744. The number of aromatic nitrogens is 3. The summed E-state index contributed by atoms with van der Waals surface area (Å²) in [7, 11) is 0. The van der Waals surface area contributed by atoms with E-state index in [9.17, 15) is 29.7 Å². The minimum Gasteiger partial charge on any atom is -0.507 e. The molecule has 0 spiro atoms. The van der Waals surface area contributed by atoms with Crippen LogP contribution in [-0.4, -0.2) is 29.0 Å². The average molecular weight is 726 g/mol. The lowest BCUT2D eigenvalue weighted by Crippen LogP contribution is -2.54. The Kier molecular flexibility index (Phi) is 10.8. The van der Waals surface area contributed by atoms with Gasteiger partial charge in [-0.2, -0.15) is 0 Å². The number of benzene rings is 3. The lowest BCUT2D eigenvalue weighted by atomic mass is 9.78. The van der Waals surface area contributed by atoms with Gasteiger partial charge in [-0.3, -0.25) is 0 Å². The van der Waals surface area contributed by atoms with Gasteiger partial charge in [0.05, 0.1) is 19.6 Å². The van der Waals surface area contributed by atoms with E-state index in [2.05, 4.69) is 0 Å². The van der Waals surface area contributed by atoms with Gasteiger partial charge < -0.3 is 15.3 Å². The molecule has 1 aromatic heterocycles. The highest BCUT2D eigenvalue weighted by Crippen LogP contribution is 2.43. The van der Waals surface area contributed by atoms with E-state index in [4.69, 9.17) is 0 Å². The zero-order chi connectivity index (χ0) is 39.4. The first-order valence-corrected chi connectivity index (χ1v) is 19.0. The maximum atomic E-state index is 14.5. The molecule has 3 N–H and O–H groups in total. The van der Waals surface area contributed by atoms with Gasteiger partial charge in [0.2, 0.25) is 0 Å². The molecule has 9 nitrogen and oxygen atoms in total. The Bertz CT molecular complexity index is 2100. The Morgan fingerprint density at radius 1 is 0.509 bits per heavy atom. The number of aryl methyl sites for hydroxylation is 2. The molecule has 0 radical (unpaired) electrons. The van der Waals surface area contributed by atoms with Crippen molar-refractivity contribution in [1.29, 1.82) is 0 Å². The summed E-state index contributed by atoms with van der Waals surface area (Å²) in [4.78, 5) is 43.3. The predicted molar refractivity (Wildman–Crippen MR) is 212 cm³/mol. The predicted octanol–water partition coefficient (Wildman–Crippen LogP) is 7.99. The van der Waals surface area contributed by atoms with Gasteiger partial charge in [0.1, 0.15) is 17.2 Å². The van der Waals surface area contributed by atoms with Crippen LogP contribution in [-0.2, 0) is 35.9 Å². The fourth-order valence-electron chi connectivity index (χ4n) is 7.78. The van der Waals surface area contributed by atoms with Crippen molar-refractivity contribution in [2.75, 3.05) is 0 Å². The van der Waals surface area contributed by atoms with Crippen LogP contribution in [0.2, 0.25) is 0 Å². The van der Waals surface area contributed by atoms with E-state index < -0.39 is 33.3 Å². The molecule has 53 heavy (non-hydrogen) atoms. The van der Waals surface area contributed by atoms with Gasteiger partial charge in [-0.25, -0.2) is 28.1 Å². The van der Waals surface area contributed by atoms with E-state index in [1.807, 2.05) is 86.6 Å². The second-order valence-corrected chi connectivity index (χ2v) is 18.4. The van der Waals surface area contributed by atoms with Crippen molar-refractivity contribution in [3.8, 4) is 17.2 Å². The molecule has 0 aliphatic heterocycles. The summed E-state index contributed by atoms with van der Waals surface area (Å²) in [5, 5.41) is 33.4. The number of phenolic OH excluding ortho intramolecular Hbond substituents is 3. The summed E-state index contributed by atoms with van der Waals surface area (Å²) in [5.74, 6) is 0.794. The van der Waals surface area contributed by atoms with Gasteiger partial charge in [0.25, 0.3) is 0 Å². The van der Waals surface area contributed by atoms with E-state index in [1.54, 1.807) is 26.0 Å². The molecule has 1 fully saturated rings. The first-order valence-electron chi connectivity index (χ1n) is 19.0. The average Bonchev–Trinajstić information content (AvgIpc) is 3.05. The molecule has 286 valence electrons. The molecule has 9 heteroatoms. The maximum Gasteiger partial charge on any atom is 0.336 e. The summed E-state index contributed by atoms with van der Waals surface area (Å²) < 4.78 is 3.33. The standard InChI is InChI=1S/C44H59N3O6/c1-26-17-28(20-33(36(26)48)42(3,4)5)23-45-39(51)46(24-29-18-27(2)37(49)34(21-29)43(6,7)8)41(53)47(40(45)52)25-30-19-32(31-15-13-12-14-16-31)38(50)35(22-30)44(9,10)11/h17-22,31,48-50H,12-16,23-25H2,1-11H3. The van der Waals surface area contributed by atoms with E-state index >= 15 is 0 Å². The van der Waals surface area contributed by atoms with Gasteiger partial charge in [-0.1, -0.05) is 99.8 Å². The Morgan fingerprint density at radius 3 is 1.17 bits per heavy atom. The third-order valence-corrected chi connectivity index (χ3v) is 10.8. The van der Waals surface area contributed by atoms with Gasteiger partial charge in [0, 0.05) is 0 Å². The molecule has 1 saturated carbocycles. The van der Waals surface area contributed by atoms with Gasteiger partial charge in [0.15, 0.2) is 0 Å². The topological polar surface area (TPSA) is 127 Å². The number of rotatable bonds is 7. The third-order valence-electron chi connectivity index (χ3n) is 10.8. The minimum absolute atomic E-state index is 0.0925. The van der Waals surface area contributed by atoms with Gasteiger partial charge in [-0.15, -0.1) is 0 Å². The maximum absolute atomic E-state index is 14.5. The second kappa shape index (κ2) is 14.4. The zero-order valence-corrected chi connectivity index (χ0v) is 33.6. The normalized spacial score (nSPS) is 14.5. The second-order valence-electron chi connectivity index (χ2n) is 18.4. The number of nitrogens with zero attached hydrogens (tertiary/aromatic N) is 3. The molecule has 1 aliphatic carbocycles. The first kappa shape index (κ1) is 39.7. The highest BCUT2D eigenvalue weighted by atomic mass is 16.3. The van der Waals surface area contributed by atoms with Crippen molar-refractivity contribution < 1.29 is 15.3 Å². The van der Waals surface area contributed by atoms with Crippen LogP contribution in [0.3, 0.4) is 0 Å². The number of hydrogen-bond acceptors (Lipinski definition) is 6. The molecule has 0 bridgehead atoms. The molecule has 0 amide bonds. The highest BCUT2D eigenvalue weighted by Gasteiger charge is 2.28. The van der Waals surface area contributed by atoms with Crippen LogP contribution < -0.4 is 17.1 Å². The summed E-state index contributed by atoms with van der Waals surface area (Å²) in [5.41, 5.74) is 2.79. The monoisotopic (exact) mass is 725 g/mol. The van der Waals surface area contributed by atoms with Gasteiger partial charge in [-0.05, 0) is 117 Å².